The second kappa shape index (κ2) is 6.24. The third-order valence-corrected chi connectivity index (χ3v) is 4.52. The zero-order valence-electron chi connectivity index (χ0n) is 13.1. The predicted octanol–water partition coefficient (Wildman–Crippen LogP) is 4.04. The van der Waals surface area contributed by atoms with Gasteiger partial charge in [0.2, 0.25) is 0 Å². The Morgan fingerprint density at radius 1 is 0.875 bits per heavy atom. The molecule has 2 aromatic carbocycles. The van der Waals surface area contributed by atoms with E-state index in [4.69, 9.17) is 0 Å². The first-order chi connectivity index (χ1) is 11.7. The van der Waals surface area contributed by atoms with Crippen molar-refractivity contribution in [2.75, 3.05) is 13.1 Å². The molecule has 3 nitrogen and oxygen atoms in total. The largest absolute Gasteiger partial charge is 0.317 e. The third kappa shape index (κ3) is 2.65. The molecule has 0 amide bonds. The molecule has 4 rings (SSSR count). The minimum Gasteiger partial charge on any atom is -0.317 e. The number of nitrogens with zero attached hydrogens (tertiary/aromatic N) is 2. The molecule has 0 aliphatic carbocycles. The zero-order chi connectivity index (χ0) is 16.5. The highest BCUT2D eigenvalue weighted by Gasteiger charge is 2.22. The van der Waals surface area contributed by atoms with Crippen LogP contribution in [0.5, 0.6) is 0 Å². The standard InChI is InChI=1S/C19H17F2N3/c20-14-5-3-6-15(21)17(14)18-13-4-1-2-7-16(13)23-19(24-18)12-8-10-22-11-9-12/h1-7,12,22H,8-11H2. The van der Waals surface area contributed by atoms with Crippen LogP contribution in [0.15, 0.2) is 42.5 Å². The SMILES string of the molecule is Fc1cccc(F)c1-c1nc(C2CCNCC2)nc2ccccc12. The summed E-state index contributed by atoms with van der Waals surface area (Å²) in [6, 6.07) is 11.3. The Bertz CT molecular complexity index is 869. The van der Waals surface area contributed by atoms with E-state index in [2.05, 4.69) is 15.3 Å². The van der Waals surface area contributed by atoms with Gasteiger partial charge in [0.05, 0.1) is 16.8 Å². The number of halogens is 2. The van der Waals surface area contributed by atoms with Gasteiger partial charge in [0.15, 0.2) is 0 Å². The van der Waals surface area contributed by atoms with Gasteiger partial charge >= 0.3 is 0 Å². The van der Waals surface area contributed by atoms with E-state index in [1.54, 1.807) is 0 Å². The lowest BCUT2D eigenvalue weighted by molar-refractivity contribution is 0.446. The van der Waals surface area contributed by atoms with E-state index >= 15 is 0 Å². The molecule has 0 atom stereocenters. The predicted molar refractivity (Wildman–Crippen MR) is 89.7 cm³/mol. The summed E-state index contributed by atoms with van der Waals surface area (Å²) in [6.07, 6.45) is 1.86. The topological polar surface area (TPSA) is 37.8 Å². The van der Waals surface area contributed by atoms with Crippen LogP contribution >= 0.6 is 0 Å². The Balaban J connectivity index is 1.96. The summed E-state index contributed by atoms with van der Waals surface area (Å²) in [4.78, 5) is 9.26. The Labute approximate surface area is 138 Å². The Kier molecular flexibility index (Phi) is 3.94. The van der Waals surface area contributed by atoms with Crippen LogP contribution in [0.4, 0.5) is 8.78 Å². The summed E-state index contributed by atoms with van der Waals surface area (Å²) in [5.41, 5.74) is 0.981. The van der Waals surface area contributed by atoms with E-state index in [9.17, 15) is 8.78 Å². The quantitative estimate of drug-likeness (QED) is 0.773. The first-order valence-corrected chi connectivity index (χ1v) is 8.16. The molecule has 3 aromatic rings. The first-order valence-electron chi connectivity index (χ1n) is 8.16. The number of piperidine rings is 1. The normalized spacial score (nSPS) is 15.8. The fourth-order valence-corrected chi connectivity index (χ4v) is 3.27. The molecule has 1 fully saturated rings. The van der Waals surface area contributed by atoms with Gasteiger partial charge in [-0.05, 0) is 44.1 Å². The molecule has 1 aliphatic rings. The third-order valence-electron chi connectivity index (χ3n) is 4.52. The van der Waals surface area contributed by atoms with E-state index in [-0.39, 0.29) is 11.5 Å². The lowest BCUT2D eigenvalue weighted by atomic mass is 9.96. The van der Waals surface area contributed by atoms with Gasteiger partial charge in [0.25, 0.3) is 0 Å². The summed E-state index contributed by atoms with van der Waals surface area (Å²) in [7, 11) is 0. The summed E-state index contributed by atoms with van der Waals surface area (Å²) in [5.74, 6) is -0.317. The van der Waals surface area contributed by atoms with Gasteiger partial charge in [-0.3, -0.25) is 0 Å². The Morgan fingerprint density at radius 2 is 1.58 bits per heavy atom. The maximum absolute atomic E-state index is 14.3. The van der Waals surface area contributed by atoms with E-state index in [0.717, 1.165) is 31.4 Å². The molecular weight excluding hydrogens is 308 g/mol. The van der Waals surface area contributed by atoms with Crippen molar-refractivity contribution in [2.24, 2.45) is 0 Å². The van der Waals surface area contributed by atoms with E-state index in [1.807, 2.05) is 24.3 Å². The van der Waals surface area contributed by atoms with Crippen molar-refractivity contribution in [3.8, 4) is 11.3 Å². The minimum absolute atomic E-state index is 0.0775. The smallest absolute Gasteiger partial charge is 0.135 e. The molecule has 1 aliphatic heterocycles. The van der Waals surface area contributed by atoms with Crippen molar-refractivity contribution in [3.05, 3.63) is 59.9 Å². The number of para-hydroxylation sites is 1. The molecular formula is C19H17F2N3. The van der Waals surface area contributed by atoms with Crippen LogP contribution < -0.4 is 5.32 Å². The molecule has 122 valence electrons. The molecule has 0 bridgehead atoms. The lowest BCUT2D eigenvalue weighted by Crippen LogP contribution is -2.27. The zero-order valence-corrected chi connectivity index (χ0v) is 13.1. The van der Waals surface area contributed by atoms with Crippen molar-refractivity contribution in [2.45, 2.75) is 18.8 Å². The van der Waals surface area contributed by atoms with Crippen LogP contribution in [0.3, 0.4) is 0 Å². The maximum atomic E-state index is 14.3. The molecule has 24 heavy (non-hydrogen) atoms. The molecule has 0 spiro atoms. The highest BCUT2D eigenvalue weighted by Crippen LogP contribution is 2.33. The summed E-state index contributed by atoms with van der Waals surface area (Å²) >= 11 is 0. The van der Waals surface area contributed by atoms with Crippen molar-refractivity contribution in [1.29, 1.82) is 0 Å². The molecule has 0 radical (unpaired) electrons. The van der Waals surface area contributed by atoms with Crippen molar-refractivity contribution >= 4 is 10.9 Å². The number of aromatic nitrogens is 2. The van der Waals surface area contributed by atoms with Crippen LogP contribution in [0, 0.1) is 11.6 Å². The molecule has 1 saturated heterocycles. The van der Waals surface area contributed by atoms with Gasteiger partial charge in [-0.25, -0.2) is 18.7 Å². The molecule has 2 heterocycles. The summed E-state index contributed by atoms with van der Waals surface area (Å²) < 4.78 is 28.7. The number of rotatable bonds is 2. The number of benzene rings is 2. The number of fused-ring (bicyclic) bond motifs is 1. The van der Waals surface area contributed by atoms with Crippen molar-refractivity contribution < 1.29 is 8.78 Å². The molecule has 0 unspecified atom stereocenters. The molecule has 0 saturated carbocycles. The van der Waals surface area contributed by atoms with Gasteiger partial charge in [0.1, 0.15) is 17.5 Å². The second-order valence-electron chi connectivity index (χ2n) is 6.07. The Hall–Kier alpha value is -2.40. The highest BCUT2D eigenvalue weighted by atomic mass is 19.1. The fourth-order valence-electron chi connectivity index (χ4n) is 3.27. The maximum Gasteiger partial charge on any atom is 0.135 e. The van der Waals surface area contributed by atoms with Gasteiger partial charge in [-0.1, -0.05) is 24.3 Å². The number of nitrogens with one attached hydrogen (secondary N) is 1. The van der Waals surface area contributed by atoms with Crippen molar-refractivity contribution in [1.82, 2.24) is 15.3 Å². The van der Waals surface area contributed by atoms with E-state index in [0.29, 0.717) is 16.9 Å². The minimum atomic E-state index is -0.602. The number of hydrogen-bond acceptors (Lipinski definition) is 3. The molecule has 5 heteroatoms. The average Bonchev–Trinajstić information content (AvgIpc) is 2.62. The Morgan fingerprint density at radius 3 is 2.33 bits per heavy atom. The van der Waals surface area contributed by atoms with Gasteiger partial charge in [0, 0.05) is 11.3 Å². The number of hydrogen-bond donors (Lipinski definition) is 1. The average molecular weight is 325 g/mol. The first kappa shape index (κ1) is 15.1. The van der Waals surface area contributed by atoms with E-state index in [1.165, 1.54) is 18.2 Å². The fraction of sp³-hybridized carbons (Fsp3) is 0.263. The van der Waals surface area contributed by atoms with Crippen LogP contribution in [0.25, 0.3) is 22.2 Å². The second-order valence-corrected chi connectivity index (χ2v) is 6.07. The van der Waals surface area contributed by atoms with Crippen LogP contribution in [0.2, 0.25) is 0 Å². The highest BCUT2D eigenvalue weighted by molar-refractivity contribution is 5.92. The molecule has 1 N–H and O–H groups in total. The lowest BCUT2D eigenvalue weighted by Gasteiger charge is -2.22. The van der Waals surface area contributed by atoms with Gasteiger partial charge in [-0.2, -0.15) is 0 Å². The summed E-state index contributed by atoms with van der Waals surface area (Å²) in [5, 5.41) is 3.98. The van der Waals surface area contributed by atoms with Crippen LogP contribution in [0.1, 0.15) is 24.6 Å². The van der Waals surface area contributed by atoms with Crippen molar-refractivity contribution in [3.63, 3.8) is 0 Å². The van der Waals surface area contributed by atoms with Gasteiger partial charge < -0.3 is 5.32 Å². The van der Waals surface area contributed by atoms with Crippen LogP contribution in [-0.4, -0.2) is 23.1 Å². The van der Waals surface area contributed by atoms with Crippen LogP contribution in [-0.2, 0) is 0 Å². The summed E-state index contributed by atoms with van der Waals surface area (Å²) in [6.45, 7) is 1.81. The van der Waals surface area contributed by atoms with Gasteiger partial charge in [-0.15, -0.1) is 0 Å². The molecule has 1 aromatic heterocycles. The van der Waals surface area contributed by atoms with E-state index < -0.39 is 11.6 Å². The monoisotopic (exact) mass is 325 g/mol.